The van der Waals surface area contributed by atoms with Crippen molar-refractivity contribution in [3.05, 3.63) is 17.8 Å². The number of aliphatic carboxylic acids is 1. The lowest BCUT2D eigenvalue weighted by molar-refractivity contribution is -0.148. The summed E-state index contributed by atoms with van der Waals surface area (Å²) in [6.45, 7) is 4.32. The summed E-state index contributed by atoms with van der Waals surface area (Å²) < 4.78 is 5.28. The number of nitrogens with one attached hydrogen (secondary N) is 1. The van der Waals surface area contributed by atoms with E-state index in [0.29, 0.717) is 37.5 Å². The van der Waals surface area contributed by atoms with Crippen LogP contribution in [0, 0.1) is 6.92 Å². The fourth-order valence-electron chi connectivity index (χ4n) is 2.91. The normalized spacial score (nSPS) is 21.5. The number of rotatable bonds is 5. The van der Waals surface area contributed by atoms with E-state index in [4.69, 9.17) is 4.42 Å². The fourth-order valence-corrected chi connectivity index (χ4v) is 2.91. The maximum Gasteiger partial charge on any atom is 0.329 e. The van der Waals surface area contributed by atoms with Crippen LogP contribution in [0.3, 0.4) is 0 Å². The number of aromatic nitrogens is 1. The molecule has 2 N–H and O–H groups in total. The largest absolute Gasteiger partial charge is 0.479 e. The third kappa shape index (κ3) is 3.01. The summed E-state index contributed by atoms with van der Waals surface area (Å²) in [5.41, 5.74) is -1.08. The highest BCUT2D eigenvalue weighted by molar-refractivity contribution is 5.87. The van der Waals surface area contributed by atoms with Crippen molar-refractivity contribution in [1.29, 1.82) is 0 Å². The summed E-state index contributed by atoms with van der Waals surface area (Å²) in [4.78, 5) is 29.4. The van der Waals surface area contributed by atoms with Crippen LogP contribution in [0.2, 0.25) is 0 Å². The van der Waals surface area contributed by atoms with E-state index in [9.17, 15) is 14.7 Å². The first-order valence-electron chi connectivity index (χ1n) is 7.20. The number of oxazole rings is 1. The van der Waals surface area contributed by atoms with Gasteiger partial charge in [-0.1, -0.05) is 13.3 Å². The van der Waals surface area contributed by atoms with Gasteiger partial charge in [-0.05, 0) is 26.2 Å². The maximum atomic E-state index is 12.3. The summed E-state index contributed by atoms with van der Waals surface area (Å²) in [5, 5.41) is 12.2. The van der Waals surface area contributed by atoms with E-state index >= 15 is 0 Å². The first kappa shape index (κ1) is 15.3. The standard InChI is InChI=1S/C14H21N3O4/c1-3-5-14(12(18)19)6-4-7-17(14)13(20)16-9-11-15-8-10(2)21-11/h8H,3-7,9H2,1-2H3,(H,16,20)(H,18,19). The van der Waals surface area contributed by atoms with Crippen molar-refractivity contribution in [2.75, 3.05) is 6.54 Å². The molecule has 1 aromatic rings. The minimum Gasteiger partial charge on any atom is -0.479 e. The zero-order chi connectivity index (χ0) is 15.5. The molecule has 1 saturated heterocycles. The second-order valence-corrected chi connectivity index (χ2v) is 5.37. The number of carboxylic acid groups (broad SMARTS) is 1. The molecule has 1 unspecified atom stereocenters. The van der Waals surface area contributed by atoms with Crippen molar-refractivity contribution in [2.24, 2.45) is 0 Å². The van der Waals surface area contributed by atoms with Crippen LogP contribution in [0.15, 0.2) is 10.6 Å². The molecule has 2 rings (SSSR count). The molecule has 2 amide bonds. The predicted molar refractivity (Wildman–Crippen MR) is 74.7 cm³/mol. The first-order chi connectivity index (χ1) is 9.99. The number of carbonyl (C=O) groups is 2. The van der Waals surface area contributed by atoms with Crippen LogP contribution in [-0.2, 0) is 11.3 Å². The number of nitrogens with zero attached hydrogens (tertiary/aromatic N) is 2. The van der Waals surface area contributed by atoms with Gasteiger partial charge in [0, 0.05) is 6.54 Å². The molecule has 7 heteroatoms. The molecule has 0 saturated carbocycles. The van der Waals surface area contributed by atoms with Crippen molar-refractivity contribution < 1.29 is 19.1 Å². The Morgan fingerprint density at radius 3 is 2.90 bits per heavy atom. The van der Waals surface area contributed by atoms with Crippen LogP contribution in [0.4, 0.5) is 4.79 Å². The van der Waals surface area contributed by atoms with Crippen LogP contribution < -0.4 is 5.32 Å². The number of urea groups is 1. The lowest BCUT2D eigenvalue weighted by atomic mass is 9.91. The third-order valence-electron chi connectivity index (χ3n) is 3.86. The highest BCUT2D eigenvalue weighted by atomic mass is 16.4. The maximum absolute atomic E-state index is 12.3. The van der Waals surface area contributed by atoms with Gasteiger partial charge in [0.25, 0.3) is 0 Å². The van der Waals surface area contributed by atoms with Gasteiger partial charge in [0.1, 0.15) is 11.3 Å². The number of likely N-dealkylation sites (tertiary alicyclic amines) is 1. The van der Waals surface area contributed by atoms with E-state index in [0.717, 1.165) is 6.42 Å². The highest BCUT2D eigenvalue weighted by Gasteiger charge is 2.49. The average Bonchev–Trinajstić information content (AvgIpc) is 3.04. The number of hydrogen-bond donors (Lipinski definition) is 2. The average molecular weight is 295 g/mol. The summed E-state index contributed by atoms with van der Waals surface area (Å²) in [5.74, 6) is 0.159. The Labute approximate surface area is 123 Å². The van der Waals surface area contributed by atoms with Gasteiger partial charge in [-0.25, -0.2) is 14.6 Å². The molecular weight excluding hydrogens is 274 g/mol. The molecular formula is C14H21N3O4. The molecule has 1 aromatic heterocycles. The summed E-state index contributed by atoms with van der Waals surface area (Å²) in [7, 11) is 0. The molecule has 2 heterocycles. The van der Waals surface area contributed by atoms with E-state index < -0.39 is 11.5 Å². The minimum absolute atomic E-state index is 0.158. The first-order valence-corrected chi connectivity index (χ1v) is 7.20. The SMILES string of the molecule is CCCC1(C(=O)O)CCCN1C(=O)NCc1ncc(C)o1. The van der Waals surface area contributed by atoms with E-state index in [1.165, 1.54) is 4.90 Å². The van der Waals surface area contributed by atoms with Crippen molar-refractivity contribution in [2.45, 2.75) is 51.6 Å². The van der Waals surface area contributed by atoms with Crippen molar-refractivity contribution >= 4 is 12.0 Å². The van der Waals surface area contributed by atoms with E-state index in [2.05, 4.69) is 10.3 Å². The zero-order valence-corrected chi connectivity index (χ0v) is 12.4. The van der Waals surface area contributed by atoms with E-state index in [1.807, 2.05) is 6.92 Å². The molecule has 116 valence electrons. The van der Waals surface area contributed by atoms with Gasteiger partial charge < -0.3 is 19.7 Å². The Balaban J connectivity index is 2.04. The molecule has 0 radical (unpaired) electrons. The van der Waals surface area contributed by atoms with Crippen molar-refractivity contribution in [1.82, 2.24) is 15.2 Å². The Kier molecular flexibility index (Phi) is 4.50. The summed E-state index contributed by atoms with van der Waals surface area (Å²) in [6, 6.07) is -0.376. The molecule has 1 fully saturated rings. The van der Waals surface area contributed by atoms with Gasteiger partial charge >= 0.3 is 12.0 Å². The quantitative estimate of drug-likeness (QED) is 0.865. The van der Waals surface area contributed by atoms with Crippen molar-refractivity contribution in [3.63, 3.8) is 0 Å². The Morgan fingerprint density at radius 2 is 2.33 bits per heavy atom. The number of aryl methyl sites for hydroxylation is 1. The van der Waals surface area contributed by atoms with Crippen LogP contribution in [0.5, 0.6) is 0 Å². The van der Waals surface area contributed by atoms with Crippen LogP contribution in [-0.4, -0.2) is 39.1 Å². The lowest BCUT2D eigenvalue weighted by Gasteiger charge is -2.34. The zero-order valence-electron chi connectivity index (χ0n) is 12.4. The van der Waals surface area contributed by atoms with Crippen LogP contribution in [0.25, 0.3) is 0 Å². The smallest absolute Gasteiger partial charge is 0.329 e. The van der Waals surface area contributed by atoms with E-state index in [-0.39, 0.29) is 12.6 Å². The Hall–Kier alpha value is -2.05. The van der Waals surface area contributed by atoms with Gasteiger partial charge in [0.2, 0.25) is 5.89 Å². The Bertz CT molecular complexity index is 528. The number of amides is 2. The second-order valence-electron chi connectivity index (χ2n) is 5.37. The molecule has 1 aliphatic rings. The van der Waals surface area contributed by atoms with Gasteiger partial charge in [-0.2, -0.15) is 0 Å². The molecule has 0 spiro atoms. The molecule has 7 nitrogen and oxygen atoms in total. The molecule has 0 aromatic carbocycles. The second kappa shape index (κ2) is 6.15. The highest BCUT2D eigenvalue weighted by Crippen LogP contribution is 2.34. The van der Waals surface area contributed by atoms with Gasteiger partial charge in [-0.3, -0.25) is 0 Å². The number of hydrogen-bond acceptors (Lipinski definition) is 4. The number of carbonyl (C=O) groups excluding carboxylic acids is 1. The molecule has 1 aliphatic heterocycles. The molecule has 21 heavy (non-hydrogen) atoms. The van der Waals surface area contributed by atoms with Gasteiger partial charge in [0.15, 0.2) is 0 Å². The summed E-state index contributed by atoms with van der Waals surface area (Å²) >= 11 is 0. The molecule has 1 atom stereocenters. The van der Waals surface area contributed by atoms with Crippen LogP contribution >= 0.6 is 0 Å². The Morgan fingerprint density at radius 1 is 1.57 bits per heavy atom. The summed E-state index contributed by atoms with van der Waals surface area (Å²) in [6.07, 6.45) is 3.97. The third-order valence-corrected chi connectivity index (χ3v) is 3.86. The number of carboxylic acids is 1. The van der Waals surface area contributed by atoms with Gasteiger partial charge in [-0.15, -0.1) is 0 Å². The predicted octanol–water partition coefficient (Wildman–Crippen LogP) is 1.91. The van der Waals surface area contributed by atoms with Gasteiger partial charge in [0.05, 0.1) is 12.7 Å². The molecule has 0 bridgehead atoms. The molecule has 0 aliphatic carbocycles. The topological polar surface area (TPSA) is 95.7 Å². The monoisotopic (exact) mass is 295 g/mol. The van der Waals surface area contributed by atoms with Crippen LogP contribution in [0.1, 0.15) is 44.3 Å². The van der Waals surface area contributed by atoms with E-state index in [1.54, 1.807) is 13.1 Å². The minimum atomic E-state index is -1.08. The lowest BCUT2D eigenvalue weighted by Crippen LogP contribution is -2.55. The van der Waals surface area contributed by atoms with Crippen molar-refractivity contribution in [3.8, 4) is 0 Å². The fraction of sp³-hybridized carbons (Fsp3) is 0.643.